The van der Waals surface area contributed by atoms with Crippen molar-refractivity contribution < 1.29 is 4.74 Å². The van der Waals surface area contributed by atoms with Crippen molar-refractivity contribution in [3.63, 3.8) is 0 Å². The predicted molar refractivity (Wildman–Crippen MR) is 113 cm³/mol. The number of ether oxygens (including phenoxy) is 1. The van der Waals surface area contributed by atoms with E-state index < -0.39 is 0 Å². The fourth-order valence-corrected chi connectivity index (χ4v) is 3.86. The van der Waals surface area contributed by atoms with E-state index >= 15 is 0 Å². The number of nitrogens with zero attached hydrogens (tertiary/aromatic N) is 4. The second-order valence-electron chi connectivity index (χ2n) is 7.31. The number of hydrogen-bond donors (Lipinski definition) is 1. The second kappa shape index (κ2) is 10.4. The standard InChI is InChI=1S/C21H35N5O/c1-3-22-21(26-13-4-5-14-26)23-11-6-12-24-15-17-25(18-16-24)19-7-9-20(27-2)10-8-19/h7-10H,3-6,11-18H2,1-2H3,(H,22,23). The van der Waals surface area contributed by atoms with Gasteiger partial charge in [0.15, 0.2) is 5.96 Å². The minimum atomic E-state index is 0.914. The third-order valence-electron chi connectivity index (χ3n) is 5.44. The molecular formula is C21H35N5O. The maximum Gasteiger partial charge on any atom is 0.193 e. The van der Waals surface area contributed by atoms with Crippen molar-refractivity contribution >= 4 is 11.6 Å². The first kappa shape index (κ1) is 19.8. The fraction of sp³-hybridized carbons (Fsp3) is 0.667. The van der Waals surface area contributed by atoms with Gasteiger partial charge in [-0.05, 0) is 50.5 Å². The first-order chi connectivity index (χ1) is 13.3. The van der Waals surface area contributed by atoms with Gasteiger partial charge in [0.2, 0.25) is 0 Å². The van der Waals surface area contributed by atoms with Crippen LogP contribution in [0.2, 0.25) is 0 Å². The Bertz CT molecular complexity index is 575. The largest absolute Gasteiger partial charge is 0.497 e. The highest BCUT2D eigenvalue weighted by Crippen LogP contribution is 2.20. The van der Waals surface area contributed by atoms with Gasteiger partial charge in [-0.25, -0.2) is 0 Å². The van der Waals surface area contributed by atoms with Gasteiger partial charge >= 0.3 is 0 Å². The van der Waals surface area contributed by atoms with Crippen molar-refractivity contribution in [2.45, 2.75) is 26.2 Å². The lowest BCUT2D eigenvalue weighted by molar-refractivity contribution is 0.256. The molecule has 6 nitrogen and oxygen atoms in total. The van der Waals surface area contributed by atoms with Gasteiger partial charge < -0.3 is 19.9 Å². The van der Waals surface area contributed by atoms with Gasteiger partial charge in [-0.2, -0.15) is 0 Å². The molecule has 2 saturated heterocycles. The SMILES string of the molecule is CCNC(=NCCCN1CCN(c2ccc(OC)cc2)CC1)N1CCCC1. The highest BCUT2D eigenvalue weighted by molar-refractivity contribution is 5.80. The molecular weight excluding hydrogens is 338 g/mol. The number of rotatable bonds is 7. The van der Waals surface area contributed by atoms with Gasteiger partial charge in [-0.1, -0.05) is 0 Å². The second-order valence-corrected chi connectivity index (χ2v) is 7.31. The molecule has 0 atom stereocenters. The molecule has 0 amide bonds. The van der Waals surface area contributed by atoms with E-state index in [2.05, 4.69) is 39.1 Å². The lowest BCUT2D eigenvalue weighted by Crippen LogP contribution is -2.46. The summed E-state index contributed by atoms with van der Waals surface area (Å²) in [5.74, 6) is 2.03. The van der Waals surface area contributed by atoms with Crippen LogP contribution in [0.4, 0.5) is 5.69 Å². The Morgan fingerprint density at radius 1 is 1.04 bits per heavy atom. The zero-order valence-electron chi connectivity index (χ0n) is 17.0. The average molecular weight is 374 g/mol. The molecule has 0 bridgehead atoms. The summed E-state index contributed by atoms with van der Waals surface area (Å²) in [5.41, 5.74) is 1.29. The molecule has 150 valence electrons. The number of aliphatic imine (C=N–C) groups is 1. The first-order valence-corrected chi connectivity index (χ1v) is 10.4. The minimum Gasteiger partial charge on any atom is -0.497 e. The molecule has 2 heterocycles. The van der Waals surface area contributed by atoms with Crippen molar-refractivity contribution in [1.29, 1.82) is 0 Å². The number of anilines is 1. The van der Waals surface area contributed by atoms with Gasteiger partial charge in [0.1, 0.15) is 5.75 Å². The molecule has 3 rings (SSSR count). The Labute approximate surface area is 164 Å². The van der Waals surface area contributed by atoms with Crippen LogP contribution in [0, 0.1) is 0 Å². The fourth-order valence-electron chi connectivity index (χ4n) is 3.86. The zero-order valence-corrected chi connectivity index (χ0v) is 17.0. The van der Waals surface area contributed by atoms with E-state index in [0.717, 1.165) is 77.0 Å². The molecule has 0 aliphatic carbocycles. The Morgan fingerprint density at radius 3 is 2.37 bits per heavy atom. The van der Waals surface area contributed by atoms with Crippen LogP contribution in [0.5, 0.6) is 5.75 Å². The summed E-state index contributed by atoms with van der Waals surface area (Å²) in [6, 6.07) is 8.40. The van der Waals surface area contributed by atoms with E-state index in [1.54, 1.807) is 7.11 Å². The Balaban J connectivity index is 1.38. The van der Waals surface area contributed by atoms with E-state index in [1.165, 1.54) is 18.5 Å². The molecule has 1 aromatic carbocycles. The molecule has 0 spiro atoms. The first-order valence-electron chi connectivity index (χ1n) is 10.4. The molecule has 0 unspecified atom stereocenters. The Kier molecular flexibility index (Phi) is 7.63. The zero-order chi connectivity index (χ0) is 18.9. The van der Waals surface area contributed by atoms with Crippen LogP contribution in [0.25, 0.3) is 0 Å². The molecule has 0 radical (unpaired) electrons. The third kappa shape index (κ3) is 5.76. The molecule has 2 aliphatic heterocycles. The Morgan fingerprint density at radius 2 is 1.74 bits per heavy atom. The number of methoxy groups -OCH3 is 1. The molecule has 0 saturated carbocycles. The lowest BCUT2D eigenvalue weighted by atomic mass is 10.2. The highest BCUT2D eigenvalue weighted by atomic mass is 16.5. The normalized spacial score (nSPS) is 18.8. The molecule has 27 heavy (non-hydrogen) atoms. The van der Waals surface area contributed by atoms with Crippen molar-refractivity contribution in [2.24, 2.45) is 4.99 Å². The van der Waals surface area contributed by atoms with E-state index in [9.17, 15) is 0 Å². The number of nitrogens with one attached hydrogen (secondary N) is 1. The van der Waals surface area contributed by atoms with Crippen LogP contribution in [0.15, 0.2) is 29.3 Å². The molecule has 6 heteroatoms. The summed E-state index contributed by atoms with van der Waals surface area (Å²) in [7, 11) is 1.71. The molecule has 1 N–H and O–H groups in total. The number of benzene rings is 1. The number of guanidine groups is 1. The van der Waals surface area contributed by atoms with Crippen molar-refractivity contribution in [1.82, 2.24) is 15.1 Å². The Hall–Kier alpha value is -1.95. The number of hydrogen-bond acceptors (Lipinski definition) is 4. The van der Waals surface area contributed by atoms with Crippen LogP contribution in [-0.2, 0) is 0 Å². The monoisotopic (exact) mass is 373 g/mol. The summed E-state index contributed by atoms with van der Waals surface area (Å²) in [6.07, 6.45) is 3.72. The summed E-state index contributed by atoms with van der Waals surface area (Å²) < 4.78 is 5.25. The van der Waals surface area contributed by atoms with Crippen molar-refractivity contribution in [2.75, 3.05) is 70.9 Å². The summed E-state index contributed by atoms with van der Waals surface area (Å²) in [5, 5.41) is 3.44. The quantitative estimate of drug-likeness (QED) is 0.451. The molecule has 2 fully saturated rings. The van der Waals surface area contributed by atoms with Crippen LogP contribution in [0.1, 0.15) is 26.2 Å². The van der Waals surface area contributed by atoms with E-state index in [-0.39, 0.29) is 0 Å². The average Bonchev–Trinajstić information content (AvgIpc) is 3.25. The van der Waals surface area contributed by atoms with Crippen LogP contribution < -0.4 is 15.0 Å². The van der Waals surface area contributed by atoms with Crippen molar-refractivity contribution in [3.8, 4) is 5.75 Å². The van der Waals surface area contributed by atoms with E-state index in [0.29, 0.717) is 0 Å². The summed E-state index contributed by atoms with van der Waals surface area (Å²) in [6.45, 7) is 11.9. The smallest absolute Gasteiger partial charge is 0.193 e. The van der Waals surface area contributed by atoms with Crippen molar-refractivity contribution in [3.05, 3.63) is 24.3 Å². The predicted octanol–water partition coefficient (Wildman–Crippen LogP) is 2.27. The van der Waals surface area contributed by atoms with Gasteiger partial charge in [-0.15, -0.1) is 0 Å². The van der Waals surface area contributed by atoms with Crippen LogP contribution in [0.3, 0.4) is 0 Å². The summed E-state index contributed by atoms with van der Waals surface area (Å²) >= 11 is 0. The lowest BCUT2D eigenvalue weighted by Gasteiger charge is -2.36. The minimum absolute atomic E-state index is 0.914. The number of piperazine rings is 1. The van der Waals surface area contributed by atoms with Gasteiger partial charge in [-0.3, -0.25) is 9.89 Å². The maximum absolute atomic E-state index is 5.25. The highest BCUT2D eigenvalue weighted by Gasteiger charge is 2.17. The summed E-state index contributed by atoms with van der Waals surface area (Å²) in [4.78, 5) is 12.3. The van der Waals surface area contributed by atoms with Gasteiger partial charge in [0.25, 0.3) is 0 Å². The van der Waals surface area contributed by atoms with Crippen LogP contribution in [-0.4, -0.2) is 81.8 Å². The maximum atomic E-state index is 5.25. The third-order valence-corrected chi connectivity index (χ3v) is 5.44. The molecule has 2 aliphatic rings. The molecule has 0 aromatic heterocycles. The van der Waals surface area contributed by atoms with Gasteiger partial charge in [0, 0.05) is 64.6 Å². The van der Waals surface area contributed by atoms with Crippen LogP contribution >= 0.6 is 0 Å². The van der Waals surface area contributed by atoms with E-state index in [4.69, 9.17) is 9.73 Å². The van der Waals surface area contributed by atoms with E-state index in [1.807, 2.05) is 12.1 Å². The molecule has 1 aromatic rings. The topological polar surface area (TPSA) is 43.3 Å². The van der Waals surface area contributed by atoms with Gasteiger partial charge in [0.05, 0.1) is 7.11 Å². The number of likely N-dealkylation sites (tertiary alicyclic amines) is 1.